The van der Waals surface area contributed by atoms with Gasteiger partial charge in [0.05, 0.1) is 13.2 Å². The normalized spacial score (nSPS) is 32.2. The number of morpholine rings is 1. The van der Waals surface area contributed by atoms with Gasteiger partial charge in [0.1, 0.15) is 0 Å². The number of carbonyl (C=O) groups excluding carboxylic acids is 1. The van der Waals surface area contributed by atoms with Crippen LogP contribution >= 0.6 is 0 Å². The molecule has 16 heavy (non-hydrogen) atoms. The van der Waals surface area contributed by atoms with Gasteiger partial charge in [0.2, 0.25) is 5.91 Å². The van der Waals surface area contributed by atoms with Gasteiger partial charge in [-0.25, -0.2) is 4.79 Å². The highest BCUT2D eigenvalue weighted by atomic mass is 16.5. The van der Waals surface area contributed by atoms with E-state index < -0.39 is 12.0 Å². The van der Waals surface area contributed by atoms with Crippen molar-refractivity contribution in [1.29, 1.82) is 0 Å². The number of hydrogen-bond donors (Lipinski definition) is 1. The van der Waals surface area contributed by atoms with E-state index >= 15 is 0 Å². The largest absolute Gasteiger partial charge is 0.480 e. The molecule has 2 fully saturated rings. The summed E-state index contributed by atoms with van der Waals surface area (Å²) in [5, 5.41) is 9.02. The molecule has 0 aromatic heterocycles. The van der Waals surface area contributed by atoms with Crippen LogP contribution < -0.4 is 0 Å². The van der Waals surface area contributed by atoms with Crippen LogP contribution in [0.15, 0.2) is 0 Å². The lowest BCUT2D eigenvalue weighted by atomic mass is 10.1. The topological polar surface area (TPSA) is 66.8 Å². The summed E-state index contributed by atoms with van der Waals surface area (Å²) in [6.07, 6.45) is 0.857. The molecule has 1 aliphatic carbocycles. The van der Waals surface area contributed by atoms with E-state index in [2.05, 4.69) is 0 Å². The van der Waals surface area contributed by atoms with Crippen molar-refractivity contribution in [3.8, 4) is 0 Å². The van der Waals surface area contributed by atoms with Gasteiger partial charge in [0.25, 0.3) is 0 Å². The second-order valence-corrected chi connectivity index (χ2v) is 5.21. The molecule has 1 aliphatic heterocycles. The van der Waals surface area contributed by atoms with Crippen molar-refractivity contribution in [2.75, 3.05) is 19.8 Å². The van der Waals surface area contributed by atoms with Gasteiger partial charge >= 0.3 is 5.97 Å². The molecule has 1 amide bonds. The number of nitrogens with zero attached hydrogens (tertiary/aromatic N) is 1. The summed E-state index contributed by atoms with van der Waals surface area (Å²) in [5.41, 5.74) is 0.0401. The van der Waals surface area contributed by atoms with E-state index in [0.717, 1.165) is 6.42 Å². The lowest BCUT2D eigenvalue weighted by molar-refractivity contribution is -0.159. The Hall–Kier alpha value is -1.10. The number of hydrogen-bond acceptors (Lipinski definition) is 3. The first-order chi connectivity index (χ1) is 7.43. The van der Waals surface area contributed by atoms with Crippen molar-refractivity contribution in [2.24, 2.45) is 11.3 Å². The van der Waals surface area contributed by atoms with Crippen molar-refractivity contribution in [2.45, 2.75) is 26.3 Å². The molecular formula is C11H17NO4. The molecule has 5 heteroatoms. The van der Waals surface area contributed by atoms with Gasteiger partial charge in [-0.05, 0) is 11.8 Å². The molecule has 5 nitrogen and oxygen atoms in total. The van der Waals surface area contributed by atoms with E-state index in [1.54, 1.807) is 0 Å². The van der Waals surface area contributed by atoms with Crippen LogP contribution in [0.3, 0.4) is 0 Å². The zero-order valence-corrected chi connectivity index (χ0v) is 9.60. The quantitative estimate of drug-likeness (QED) is 0.739. The Kier molecular flexibility index (Phi) is 2.66. The number of amides is 1. The third-order valence-electron chi connectivity index (χ3n) is 3.51. The number of carboxylic acids is 1. The third kappa shape index (κ3) is 1.91. The first-order valence-electron chi connectivity index (χ1n) is 5.54. The predicted molar refractivity (Wildman–Crippen MR) is 55.8 cm³/mol. The monoisotopic (exact) mass is 227 g/mol. The zero-order chi connectivity index (χ0) is 11.9. The summed E-state index contributed by atoms with van der Waals surface area (Å²) >= 11 is 0. The van der Waals surface area contributed by atoms with Crippen LogP contribution in [-0.4, -0.2) is 47.7 Å². The highest BCUT2D eigenvalue weighted by Gasteiger charge is 2.53. The Balaban J connectivity index is 2.06. The third-order valence-corrected chi connectivity index (χ3v) is 3.51. The van der Waals surface area contributed by atoms with Gasteiger partial charge < -0.3 is 14.7 Å². The number of rotatable bonds is 2. The molecule has 0 spiro atoms. The highest BCUT2D eigenvalue weighted by molar-refractivity contribution is 5.87. The average Bonchev–Trinajstić information content (AvgIpc) is 2.86. The molecule has 0 unspecified atom stereocenters. The standard InChI is InChI=1S/C11H17NO4/c1-11(2)5-7(11)9(13)12-3-4-16-6-8(12)10(14)15/h7-8H,3-6H2,1-2H3,(H,14,15)/t7-,8+/m1/s1. The second kappa shape index (κ2) is 3.73. The van der Waals surface area contributed by atoms with Gasteiger partial charge in [0, 0.05) is 12.5 Å². The van der Waals surface area contributed by atoms with E-state index in [1.165, 1.54) is 4.90 Å². The first-order valence-corrected chi connectivity index (χ1v) is 5.54. The number of carbonyl (C=O) groups is 2. The minimum atomic E-state index is -0.980. The van der Waals surface area contributed by atoms with Crippen LogP contribution in [0, 0.1) is 11.3 Å². The van der Waals surface area contributed by atoms with Crippen LogP contribution in [0.4, 0.5) is 0 Å². The Morgan fingerprint density at radius 2 is 2.06 bits per heavy atom. The zero-order valence-electron chi connectivity index (χ0n) is 9.60. The van der Waals surface area contributed by atoms with E-state index in [1.807, 2.05) is 13.8 Å². The molecular weight excluding hydrogens is 210 g/mol. The Labute approximate surface area is 94.4 Å². The van der Waals surface area contributed by atoms with Crippen molar-refractivity contribution < 1.29 is 19.4 Å². The Morgan fingerprint density at radius 1 is 1.44 bits per heavy atom. The Morgan fingerprint density at radius 3 is 2.56 bits per heavy atom. The number of ether oxygens (including phenoxy) is 1. The minimum absolute atomic E-state index is 0.00699. The molecule has 1 N–H and O–H groups in total. The van der Waals surface area contributed by atoms with Crippen molar-refractivity contribution in [1.82, 2.24) is 4.90 Å². The van der Waals surface area contributed by atoms with E-state index in [4.69, 9.17) is 9.84 Å². The maximum atomic E-state index is 12.1. The van der Waals surface area contributed by atoms with Gasteiger partial charge in [-0.2, -0.15) is 0 Å². The molecule has 2 rings (SSSR count). The molecule has 1 heterocycles. The molecule has 0 aromatic carbocycles. The maximum absolute atomic E-state index is 12.1. The highest BCUT2D eigenvalue weighted by Crippen LogP contribution is 2.52. The number of aliphatic carboxylic acids is 1. The van der Waals surface area contributed by atoms with E-state index in [-0.39, 0.29) is 23.8 Å². The predicted octanol–water partition coefficient (Wildman–Crippen LogP) is 0.344. The minimum Gasteiger partial charge on any atom is -0.480 e. The molecule has 90 valence electrons. The smallest absolute Gasteiger partial charge is 0.328 e. The molecule has 1 saturated heterocycles. The van der Waals surface area contributed by atoms with Crippen molar-refractivity contribution in [3.05, 3.63) is 0 Å². The maximum Gasteiger partial charge on any atom is 0.328 e. The van der Waals surface area contributed by atoms with Crippen LogP contribution in [0.1, 0.15) is 20.3 Å². The fourth-order valence-corrected chi connectivity index (χ4v) is 2.16. The summed E-state index contributed by atoms with van der Waals surface area (Å²) in [5.74, 6) is -1.01. The lowest BCUT2D eigenvalue weighted by Crippen LogP contribution is -2.53. The van der Waals surface area contributed by atoms with Crippen LogP contribution in [0.2, 0.25) is 0 Å². The molecule has 0 bridgehead atoms. The molecule has 1 saturated carbocycles. The Bertz CT molecular complexity index is 326. The molecule has 0 aromatic rings. The summed E-state index contributed by atoms with van der Waals surface area (Å²) in [4.78, 5) is 24.6. The summed E-state index contributed by atoms with van der Waals surface area (Å²) in [7, 11) is 0. The van der Waals surface area contributed by atoms with Crippen LogP contribution in [0.5, 0.6) is 0 Å². The van der Waals surface area contributed by atoms with E-state index in [9.17, 15) is 9.59 Å². The fourth-order valence-electron chi connectivity index (χ4n) is 2.16. The molecule has 2 aliphatic rings. The van der Waals surface area contributed by atoms with Gasteiger partial charge in [-0.15, -0.1) is 0 Å². The lowest BCUT2D eigenvalue weighted by Gasteiger charge is -2.33. The van der Waals surface area contributed by atoms with Gasteiger partial charge in [-0.3, -0.25) is 4.79 Å². The van der Waals surface area contributed by atoms with Gasteiger partial charge in [0.15, 0.2) is 6.04 Å². The molecule has 0 radical (unpaired) electrons. The molecule has 2 atom stereocenters. The summed E-state index contributed by atoms with van der Waals surface area (Å²) in [6.45, 7) is 5.00. The van der Waals surface area contributed by atoms with Crippen LogP contribution in [0.25, 0.3) is 0 Å². The van der Waals surface area contributed by atoms with Crippen molar-refractivity contribution in [3.63, 3.8) is 0 Å². The summed E-state index contributed by atoms with van der Waals surface area (Å²) in [6, 6.07) is -0.808. The fraction of sp³-hybridized carbons (Fsp3) is 0.818. The van der Waals surface area contributed by atoms with Gasteiger partial charge in [-0.1, -0.05) is 13.8 Å². The SMILES string of the molecule is CC1(C)C[C@@H]1C(=O)N1CCOC[C@H]1C(=O)O. The van der Waals surface area contributed by atoms with Crippen LogP contribution in [-0.2, 0) is 14.3 Å². The first kappa shape index (κ1) is 11.4. The van der Waals surface area contributed by atoms with E-state index in [0.29, 0.717) is 13.2 Å². The van der Waals surface area contributed by atoms with Crippen molar-refractivity contribution >= 4 is 11.9 Å². The average molecular weight is 227 g/mol. The second-order valence-electron chi connectivity index (χ2n) is 5.21. The number of carboxylic acid groups (broad SMARTS) is 1. The summed E-state index contributed by atoms with van der Waals surface area (Å²) < 4.78 is 5.10.